The molecule has 38 heavy (non-hydrogen) atoms. The molecule has 0 bridgehead atoms. The highest BCUT2D eigenvalue weighted by atomic mass is 16.4. The molecule has 0 aliphatic rings. The Labute approximate surface area is 239 Å². The molecule has 1 N–H and O–H groups in total. The predicted octanol–water partition coefficient (Wildman–Crippen LogP) is 12.6. The van der Waals surface area contributed by atoms with E-state index in [2.05, 4.69) is 45.1 Å². The second kappa shape index (κ2) is 30.5. The van der Waals surface area contributed by atoms with Crippen LogP contribution >= 0.6 is 0 Å². The molecule has 0 aliphatic carbocycles. The van der Waals surface area contributed by atoms with Gasteiger partial charge in [0, 0.05) is 6.42 Å². The first-order chi connectivity index (χ1) is 18.6. The Balaban J connectivity index is 3.95. The topological polar surface area (TPSA) is 37.3 Å². The molecular formula is C36H68O2. The molecule has 0 aromatic heterocycles. The summed E-state index contributed by atoms with van der Waals surface area (Å²) in [6.45, 7) is 6.98. The van der Waals surface area contributed by atoms with Gasteiger partial charge in [0.2, 0.25) is 0 Å². The van der Waals surface area contributed by atoms with Gasteiger partial charge in [-0.2, -0.15) is 0 Å². The van der Waals surface area contributed by atoms with Crippen LogP contribution in [0, 0.1) is 11.8 Å². The molecule has 0 aliphatic heterocycles. The summed E-state index contributed by atoms with van der Waals surface area (Å²) in [5, 5.41) is 9.07. The zero-order valence-electron chi connectivity index (χ0n) is 26.2. The summed E-state index contributed by atoms with van der Waals surface area (Å²) in [4.78, 5) is 11.0. The molecule has 0 aromatic carbocycles. The third-order valence-corrected chi connectivity index (χ3v) is 8.28. The molecule has 0 rings (SSSR count). The molecule has 2 nitrogen and oxygen atoms in total. The van der Waals surface area contributed by atoms with Crippen LogP contribution < -0.4 is 0 Å². The van der Waals surface area contributed by atoms with E-state index in [0.717, 1.165) is 12.8 Å². The number of rotatable bonds is 30. The van der Waals surface area contributed by atoms with Crippen LogP contribution in [0.15, 0.2) is 24.3 Å². The highest BCUT2D eigenvalue weighted by molar-refractivity contribution is 5.66. The average molecular weight is 533 g/mol. The van der Waals surface area contributed by atoms with Crippen molar-refractivity contribution in [3.05, 3.63) is 24.3 Å². The number of carboxylic acid groups (broad SMARTS) is 1. The zero-order valence-corrected chi connectivity index (χ0v) is 26.2. The van der Waals surface area contributed by atoms with E-state index in [0.29, 0.717) is 18.3 Å². The lowest BCUT2D eigenvalue weighted by Gasteiger charge is -2.24. The second-order valence-corrected chi connectivity index (χ2v) is 12.0. The fourth-order valence-corrected chi connectivity index (χ4v) is 5.60. The van der Waals surface area contributed by atoms with Crippen molar-refractivity contribution in [2.75, 3.05) is 0 Å². The molecule has 0 heterocycles. The number of aliphatic carboxylic acids is 1. The molecule has 0 saturated heterocycles. The van der Waals surface area contributed by atoms with Crippen LogP contribution in [0.3, 0.4) is 0 Å². The number of hydrogen-bond acceptors (Lipinski definition) is 1. The zero-order chi connectivity index (χ0) is 27.9. The van der Waals surface area contributed by atoms with Gasteiger partial charge < -0.3 is 5.11 Å². The van der Waals surface area contributed by atoms with Gasteiger partial charge in [0.05, 0.1) is 0 Å². The number of carboxylic acids is 1. The Morgan fingerprint density at radius 1 is 0.526 bits per heavy atom. The van der Waals surface area contributed by atoms with Crippen molar-refractivity contribution in [3.8, 4) is 0 Å². The maximum Gasteiger partial charge on any atom is 0.303 e. The number of carbonyl (C=O) groups is 1. The number of unbranched alkanes of at least 4 members (excludes halogenated alkanes) is 17. The summed E-state index contributed by atoms with van der Waals surface area (Å²) in [6, 6.07) is 0. The van der Waals surface area contributed by atoms with E-state index in [-0.39, 0.29) is 0 Å². The van der Waals surface area contributed by atoms with E-state index in [1.54, 1.807) is 0 Å². The van der Waals surface area contributed by atoms with Gasteiger partial charge in [-0.1, -0.05) is 135 Å². The van der Waals surface area contributed by atoms with Crippen molar-refractivity contribution in [1.82, 2.24) is 0 Å². The van der Waals surface area contributed by atoms with Gasteiger partial charge in [0.1, 0.15) is 0 Å². The fraction of sp³-hybridized carbons (Fsp3) is 0.861. The van der Waals surface area contributed by atoms with Crippen molar-refractivity contribution in [2.45, 2.75) is 188 Å². The standard InChI is InChI=1S/C36H68O2/c1-4-6-8-10-12-14-16-17-18-20-21-23-25-27-30-34(3)35(32-29-33-36(37)38)31-28-26-24-22-19-15-13-11-9-7-5-2/h17-18,22,24,34-35H,4-16,19-21,23,25-33H2,1-3H3,(H,37,38). The molecule has 2 heteroatoms. The smallest absolute Gasteiger partial charge is 0.303 e. The quantitative estimate of drug-likeness (QED) is 0.0737. The van der Waals surface area contributed by atoms with Crippen LogP contribution in [0.25, 0.3) is 0 Å². The van der Waals surface area contributed by atoms with E-state index in [4.69, 9.17) is 5.11 Å². The molecular weight excluding hydrogens is 464 g/mol. The largest absolute Gasteiger partial charge is 0.481 e. The van der Waals surface area contributed by atoms with Crippen LogP contribution in [0.1, 0.15) is 188 Å². The minimum Gasteiger partial charge on any atom is -0.481 e. The van der Waals surface area contributed by atoms with E-state index in [9.17, 15) is 4.79 Å². The van der Waals surface area contributed by atoms with Crippen LogP contribution in [-0.2, 0) is 4.79 Å². The Bertz CT molecular complexity index is 535. The number of hydrogen-bond donors (Lipinski definition) is 1. The Kier molecular flexibility index (Phi) is 29.6. The van der Waals surface area contributed by atoms with Gasteiger partial charge in [-0.25, -0.2) is 0 Å². The van der Waals surface area contributed by atoms with Gasteiger partial charge in [0.15, 0.2) is 0 Å². The van der Waals surface area contributed by atoms with E-state index >= 15 is 0 Å². The molecule has 0 spiro atoms. The molecule has 2 atom stereocenters. The van der Waals surface area contributed by atoms with E-state index < -0.39 is 5.97 Å². The van der Waals surface area contributed by atoms with Gasteiger partial charge in [0.25, 0.3) is 0 Å². The van der Waals surface area contributed by atoms with E-state index in [1.807, 2.05) is 0 Å². The lowest BCUT2D eigenvalue weighted by molar-refractivity contribution is -0.137. The third kappa shape index (κ3) is 28.0. The highest BCUT2D eigenvalue weighted by Gasteiger charge is 2.17. The van der Waals surface area contributed by atoms with Crippen molar-refractivity contribution >= 4 is 5.97 Å². The second-order valence-electron chi connectivity index (χ2n) is 12.0. The molecule has 0 aromatic rings. The summed E-state index contributed by atoms with van der Waals surface area (Å²) in [7, 11) is 0. The Morgan fingerprint density at radius 2 is 0.921 bits per heavy atom. The summed E-state index contributed by atoms with van der Waals surface area (Å²) >= 11 is 0. The lowest BCUT2D eigenvalue weighted by atomic mass is 9.82. The van der Waals surface area contributed by atoms with Gasteiger partial charge >= 0.3 is 5.97 Å². The summed E-state index contributed by atoms with van der Waals surface area (Å²) in [6.07, 6.45) is 42.5. The molecule has 2 unspecified atom stereocenters. The normalized spacial score (nSPS) is 13.6. The summed E-state index contributed by atoms with van der Waals surface area (Å²) in [5.41, 5.74) is 0. The maximum atomic E-state index is 11.0. The lowest BCUT2D eigenvalue weighted by Crippen LogP contribution is -2.13. The SMILES string of the molecule is CCCCCCCCC=CCCCCCCC(C)C(CCCC=CCCCCCCCC)CCCC(=O)O. The third-order valence-electron chi connectivity index (χ3n) is 8.28. The van der Waals surface area contributed by atoms with Crippen LogP contribution in [0.4, 0.5) is 0 Å². The van der Waals surface area contributed by atoms with Gasteiger partial charge in [-0.05, 0) is 82.5 Å². The molecule has 0 amide bonds. The molecule has 0 saturated carbocycles. The van der Waals surface area contributed by atoms with Crippen molar-refractivity contribution in [2.24, 2.45) is 11.8 Å². The first-order valence-corrected chi connectivity index (χ1v) is 17.1. The van der Waals surface area contributed by atoms with Gasteiger partial charge in [-0.15, -0.1) is 0 Å². The Hall–Kier alpha value is -1.05. The van der Waals surface area contributed by atoms with Crippen LogP contribution in [0.2, 0.25) is 0 Å². The summed E-state index contributed by atoms with van der Waals surface area (Å²) in [5.74, 6) is 0.759. The minimum absolute atomic E-state index is 0.327. The van der Waals surface area contributed by atoms with Crippen molar-refractivity contribution in [1.29, 1.82) is 0 Å². The number of allylic oxidation sites excluding steroid dienone is 4. The molecule has 0 radical (unpaired) electrons. The van der Waals surface area contributed by atoms with Crippen LogP contribution in [0.5, 0.6) is 0 Å². The first-order valence-electron chi connectivity index (χ1n) is 17.1. The first kappa shape index (κ1) is 37.0. The van der Waals surface area contributed by atoms with Gasteiger partial charge in [-0.3, -0.25) is 4.79 Å². The summed E-state index contributed by atoms with van der Waals surface area (Å²) < 4.78 is 0. The Morgan fingerprint density at radius 3 is 1.39 bits per heavy atom. The van der Waals surface area contributed by atoms with Crippen molar-refractivity contribution < 1.29 is 9.90 Å². The molecule has 0 fully saturated rings. The molecule has 224 valence electrons. The van der Waals surface area contributed by atoms with Crippen molar-refractivity contribution in [3.63, 3.8) is 0 Å². The monoisotopic (exact) mass is 533 g/mol. The minimum atomic E-state index is -0.643. The average Bonchev–Trinajstić information content (AvgIpc) is 2.90. The van der Waals surface area contributed by atoms with E-state index in [1.165, 1.54) is 148 Å². The predicted molar refractivity (Wildman–Crippen MR) is 170 cm³/mol. The van der Waals surface area contributed by atoms with Crippen LogP contribution in [-0.4, -0.2) is 11.1 Å². The maximum absolute atomic E-state index is 11.0. The fourth-order valence-electron chi connectivity index (χ4n) is 5.60. The highest BCUT2D eigenvalue weighted by Crippen LogP contribution is 2.29.